The fourth-order valence-electron chi connectivity index (χ4n) is 3.44. The standard InChI is InChI=1S/C24H21F2N3O/c1-28(2)20-11-3-16(4-12-20)23-15-22(27-19-9-5-17(25)6-10-19)24(30)29(23)21-13-7-18(26)8-14-21/h3-15,23,27H,1-2H3/t23-/m0/s1. The van der Waals surface area contributed by atoms with E-state index in [0.29, 0.717) is 17.1 Å². The Morgan fingerprint density at radius 3 is 1.97 bits per heavy atom. The monoisotopic (exact) mass is 405 g/mol. The Morgan fingerprint density at radius 2 is 1.40 bits per heavy atom. The summed E-state index contributed by atoms with van der Waals surface area (Å²) in [6, 6.07) is 19.2. The Bertz CT molecular complexity index is 1070. The second-order valence-corrected chi connectivity index (χ2v) is 7.29. The van der Waals surface area contributed by atoms with E-state index in [9.17, 15) is 13.6 Å². The molecule has 4 nitrogen and oxygen atoms in total. The van der Waals surface area contributed by atoms with Crippen LogP contribution >= 0.6 is 0 Å². The molecule has 3 aromatic rings. The molecular weight excluding hydrogens is 384 g/mol. The summed E-state index contributed by atoms with van der Waals surface area (Å²) in [5.41, 5.74) is 3.56. The molecule has 152 valence electrons. The number of amides is 1. The molecule has 1 atom stereocenters. The normalized spacial score (nSPS) is 15.9. The zero-order valence-electron chi connectivity index (χ0n) is 16.6. The maximum absolute atomic E-state index is 13.4. The third-order valence-electron chi connectivity index (χ3n) is 5.03. The van der Waals surface area contributed by atoms with Crippen LogP contribution in [0.15, 0.2) is 84.6 Å². The molecular formula is C24H21F2N3O. The lowest BCUT2D eigenvalue weighted by molar-refractivity contribution is -0.114. The number of carbonyl (C=O) groups is 1. The summed E-state index contributed by atoms with van der Waals surface area (Å²) in [7, 11) is 3.92. The van der Waals surface area contributed by atoms with Gasteiger partial charge in [-0.25, -0.2) is 8.78 Å². The third kappa shape index (κ3) is 3.89. The van der Waals surface area contributed by atoms with Crippen LogP contribution < -0.4 is 15.1 Å². The number of nitrogens with one attached hydrogen (secondary N) is 1. The number of anilines is 3. The molecule has 0 unspecified atom stereocenters. The van der Waals surface area contributed by atoms with Crippen LogP contribution in [-0.2, 0) is 4.79 Å². The van der Waals surface area contributed by atoms with E-state index in [1.807, 2.05) is 49.3 Å². The SMILES string of the molecule is CN(C)c1ccc([C@@H]2C=C(Nc3ccc(F)cc3)C(=O)N2c2ccc(F)cc2)cc1. The molecule has 0 spiro atoms. The number of rotatable bonds is 5. The Balaban J connectivity index is 1.71. The van der Waals surface area contributed by atoms with Gasteiger partial charge in [0.2, 0.25) is 0 Å². The van der Waals surface area contributed by atoms with Gasteiger partial charge in [0.25, 0.3) is 5.91 Å². The predicted octanol–water partition coefficient (Wildman–Crippen LogP) is 5.11. The molecule has 1 N–H and O–H groups in total. The first-order valence-corrected chi connectivity index (χ1v) is 9.53. The third-order valence-corrected chi connectivity index (χ3v) is 5.03. The zero-order valence-corrected chi connectivity index (χ0v) is 16.6. The smallest absolute Gasteiger partial charge is 0.275 e. The summed E-state index contributed by atoms with van der Waals surface area (Å²) in [6.07, 6.45) is 1.83. The molecule has 1 amide bonds. The topological polar surface area (TPSA) is 35.6 Å². The summed E-state index contributed by atoms with van der Waals surface area (Å²) in [6.45, 7) is 0. The fourth-order valence-corrected chi connectivity index (χ4v) is 3.44. The number of carbonyl (C=O) groups excluding carboxylic acids is 1. The Labute approximate surface area is 174 Å². The van der Waals surface area contributed by atoms with Gasteiger partial charge in [-0.15, -0.1) is 0 Å². The number of hydrogen-bond donors (Lipinski definition) is 1. The van der Waals surface area contributed by atoms with Crippen LogP contribution in [0.5, 0.6) is 0 Å². The van der Waals surface area contributed by atoms with Crippen LogP contribution in [0.4, 0.5) is 25.8 Å². The lowest BCUT2D eigenvalue weighted by Crippen LogP contribution is -2.30. The summed E-state index contributed by atoms with van der Waals surface area (Å²) in [5, 5.41) is 3.08. The highest BCUT2D eigenvalue weighted by Crippen LogP contribution is 2.36. The summed E-state index contributed by atoms with van der Waals surface area (Å²) >= 11 is 0. The van der Waals surface area contributed by atoms with Crippen LogP contribution in [0.1, 0.15) is 11.6 Å². The highest BCUT2D eigenvalue weighted by molar-refractivity contribution is 6.11. The van der Waals surface area contributed by atoms with E-state index < -0.39 is 0 Å². The van der Waals surface area contributed by atoms with E-state index in [2.05, 4.69) is 5.32 Å². The minimum Gasteiger partial charge on any atom is -0.378 e. The van der Waals surface area contributed by atoms with Crippen molar-refractivity contribution in [3.63, 3.8) is 0 Å². The molecule has 0 fully saturated rings. The molecule has 0 bridgehead atoms. The Hall–Kier alpha value is -3.67. The van der Waals surface area contributed by atoms with Crippen LogP contribution in [0, 0.1) is 11.6 Å². The first kappa shape index (κ1) is 19.6. The van der Waals surface area contributed by atoms with Crippen molar-refractivity contribution in [2.45, 2.75) is 6.04 Å². The first-order valence-electron chi connectivity index (χ1n) is 9.53. The quantitative estimate of drug-likeness (QED) is 0.640. The van der Waals surface area contributed by atoms with Gasteiger partial charge < -0.3 is 10.2 Å². The summed E-state index contributed by atoms with van der Waals surface area (Å²) in [4.78, 5) is 16.9. The molecule has 0 saturated carbocycles. The first-order chi connectivity index (χ1) is 14.4. The molecule has 1 heterocycles. The van der Waals surface area contributed by atoms with Crippen molar-refractivity contribution < 1.29 is 13.6 Å². The number of nitrogens with zero attached hydrogens (tertiary/aromatic N) is 2. The summed E-state index contributed by atoms with van der Waals surface area (Å²) in [5.74, 6) is -0.957. The molecule has 0 radical (unpaired) electrons. The molecule has 0 aromatic heterocycles. The second kappa shape index (κ2) is 7.99. The van der Waals surface area contributed by atoms with Gasteiger partial charge in [0.15, 0.2) is 0 Å². The average Bonchev–Trinajstić information content (AvgIpc) is 3.06. The Morgan fingerprint density at radius 1 is 0.833 bits per heavy atom. The van der Waals surface area contributed by atoms with Crippen molar-refractivity contribution in [1.82, 2.24) is 0 Å². The molecule has 6 heteroatoms. The number of hydrogen-bond acceptors (Lipinski definition) is 3. The fraction of sp³-hybridized carbons (Fsp3) is 0.125. The number of halogens is 2. The molecule has 1 aliphatic rings. The second-order valence-electron chi connectivity index (χ2n) is 7.29. The molecule has 0 aliphatic carbocycles. The van der Waals surface area contributed by atoms with Gasteiger partial charge >= 0.3 is 0 Å². The van der Waals surface area contributed by atoms with Gasteiger partial charge in [0, 0.05) is 31.2 Å². The zero-order chi connectivity index (χ0) is 21.3. The molecule has 0 saturated heterocycles. The van der Waals surface area contributed by atoms with Crippen LogP contribution in [0.2, 0.25) is 0 Å². The van der Waals surface area contributed by atoms with E-state index in [1.165, 1.54) is 24.3 Å². The Kier molecular flexibility index (Phi) is 5.23. The van der Waals surface area contributed by atoms with Gasteiger partial charge in [0.1, 0.15) is 17.3 Å². The maximum atomic E-state index is 13.4. The maximum Gasteiger partial charge on any atom is 0.275 e. The van der Waals surface area contributed by atoms with E-state index in [-0.39, 0.29) is 23.6 Å². The molecule has 4 rings (SSSR count). The van der Waals surface area contributed by atoms with Crippen molar-refractivity contribution in [1.29, 1.82) is 0 Å². The van der Waals surface area contributed by atoms with Gasteiger partial charge in [-0.05, 0) is 72.3 Å². The van der Waals surface area contributed by atoms with Crippen molar-refractivity contribution in [2.24, 2.45) is 0 Å². The van der Waals surface area contributed by atoms with E-state index in [4.69, 9.17) is 0 Å². The van der Waals surface area contributed by atoms with Crippen molar-refractivity contribution in [3.05, 3.63) is 102 Å². The van der Waals surface area contributed by atoms with Crippen LogP contribution in [0.3, 0.4) is 0 Å². The number of benzene rings is 3. The molecule has 1 aliphatic heterocycles. The van der Waals surface area contributed by atoms with Crippen molar-refractivity contribution in [3.8, 4) is 0 Å². The highest BCUT2D eigenvalue weighted by Gasteiger charge is 2.34. The lowest BCUT2D eigenvalue weighted by atomic mass is 10.1. The van der Waals surface area contributed by atoms with E-state index >= 15 is 0 Å². The van der Waals surface area contributed by atoms with E-state index in [1.54, 1.807) is 29.2 Å². The van der Waals surface area contributed by atoms with Gasteiger partial charge in [0.05, 0.1) is 6.04 Å². The predicted molar refractivity (Wildman–Crippen MR) is 116 cm³/mol. The van der Waals surface area contributed by atoms with Gasteiger partial charge in [-0.2, -0.15) is 0 Å². The highest BCUT2D eigenvalue weighted by atomic mass is 19.1. The average molecular weight is 405 g/mol. The van der Waals surface area contributed by atoms with Crippen LogP contribution in [-0.4, -0.2) is 20.0 Å². The van der Waals surface area contributed by atoms with E-state index in [0.717, 1.165) is 11.3 Å². The lowest BCUT2D eigenvalue weighted by Gasteiger charge is -2.26. The van der Waals surface area contributed by atoms with Gasteiger partial charge in [-0.1, -0.05) is 12.1 Å². The molecule has 30 heavy (non-hydrogen) atoms. The summed E-state index contributed by atoms with van der Waals surface area (Å²) < 4.78 is 26.7. The van der Waals surface area contributed by atoms with Crippen molar-refractivity contribution in [2.75, 3.05) is 29.2 Å². The minimum absolute atomic E-state index is 0.243. The van der Waals surface area contributed by atoms with Crippen molar-refractivity contribution >= 4 is 23.0 Å². The minimum atomic E-state index is -0.366. The molecule has 3 aromatic carbocycles. The van der Waals surface area contributed by atoms with Gasteiger partial charge in [-0.3, -0.25) is 9.69 Å². The largest absolute Gasteiger partial charge is 0.378 e. The van der Waals surface area contributed by atoms with Crippen LogP contribution in [0.25, 0.3) is 0 Å².